The van der Waals surface area contributed by atoms with Gasteiger partial charge in [-0.05, 0) is 48.2 Å². The van der Waals surface area contributed by atoms with Crippen LogP contribution in [0.2, 0.25) is 5.02 Å². The zero-order valence-corrected chi connectivity index (χ0v) is 17.4. The first-order valence-corrected chi connectivity index (χ1v) is 9.82. The first-order valence-electron chi connectivity index (χ1n) is 9.45. The number of nitrogens with zero attached hydrogens (tertiary/aromatic N) is 2. The number of benzene rings is 2. The summed E-state index contributed by atoms with van der Waals surface area (Å²) in [4.78, 5) is 17.9. The second kappa shape index (κ2) is 8.65. The van der Waals surface area contributed by atoms with Crippen LogP contribution in [0.15, 0.2) is 53.5 Å². The summed E-state index contributed by atoms with van der Waals surface area (Å²) in [5.41, 5.74) is 3.28. The van der Waals surface area contributed by atoms with E-state index in [0.717, 1.165) is 23.1 Å². The first-order chi connectivity index (χ1) is 13.4. The molecular formula is C22H27ClN4O. The maximum absolute atomic E-state index is 12.0. The van der Waals surface area contributed by atoms with Crippen LogP contribution < -0.4 is 10.6 Å². The Kier molecular flexibility index (Phi) is 6.25. The molecule has 0 unspecified atom stereocenters. The smallest absolute Gasteiger partial charge is 0.253 e. The van der Waals surface area contributed by atoms with Crippen LogP contribution in [0.5, 0.6) is 0 Å². The maximum atomic E-state index is 12.0. The average Bonchev–Trinajstić information content (AvgIpc) is 3.49. The molecule has 0 aliphatic heterocycles. The fourth-order valence-corrected chi connectivity index (χ4v) is 3.33. The molecular weight excluding hydrogens is 372 g/mol. The van der Waals surface area contributed by atoms with Gasteiger partial charge in [-0.25, -0.2) is 0 Å². The Labute approximate surface area is 171 Å². The molecule has 0 heterocycles. The number of aliphatic imine (C=N–C) groups is 1. The Morgan fingerprint density at radius 1 is 1.07 bits per heavy atom. The van der Waals surface area contributed by atoms with Crippen molar-refractivity contribution >= 4 is 23.5 Å². The van der Waals surface area contributed by atoms with Crippen molar-refractivity contribution < 1.29 is 4.79 Å². The summed E-state index contributed by atoms with van der Waals surface area (Å²) in [6.07, 6.45) is 2.33. The summed E-state index contributed by atoms with van der Waals surface area (Å²) in [5.74, 6) is 0.780. The summed E-state index contributed by atoms with van der Waals surface area (Å²) in [6.45, 7) is 1.48. The molecule has 1 fully saturated rings. The van der Waals surface area contributed by atoms with Crippen LogP contribution in [0.25, 0.3) is 0 Å². The minimum absolute atomic E-state index is 0.00826. The highest BCUT2D eigenvalue weighted by molar-refractivity contribution is 6.30. The van der Waals surface area contributed by atoms with Gasteiger partial charge in [0.15, 0.2) is 5.96 Å². The van der Waals surface area contributed by atoms with Gasteiger partial charge in [0, 0.05) is 50.2 Å². The van der Waals surface area contributed by atoms with Crippen LogP contribution in [-0.2, 0) is 12.0 Å². The predicted molar refractivity (Wildman–Crippen MR) is 115 cm³/mol. The molecule has 0 aromatic heterocycles. The van der Waals surface area contributed by atoms with Crippen LogP contribution in [-0.4, -0.2) is 44.5 Å². The first kappa shape index (κ1) is 20.2. The molecule has 2 aromatic carbocycles. The molecule has 3 rings (SSSR count). The fourth-order valence-electron chi connectivity index (χ4n) is 3.20. The van der Waals surface area contributed by atoms with E-state index in [1.165, 1.54) is 18.4 Å². The van der Waals surface area contributed by atoms with Gasteiger partial charge < -0.3 is 15.5 Å². The Hall–Kier alpha value is -2.53. The van der Waals surface area contributed by atoms with Crippen molar-refractivity contribution in [2.75, 3.05) is 27.7 Å². The molecule has 2 N–H and O–H groups in total. The van der Waals surface area contributed by atoms with Crippen LogP contribution >= 0.6 is 11.6 Å². The van der Waals surface area contributed by atoms with Gasteiger partial charge in [0.2, 0.25) is 0 Å². The minimum Gasteiger partial charge on any atom is -0.356 e. The van der Waals surface area contributed by atoms with Gasteiger partial charge in [0.1, 0.15) is 0 Å². The van der Waals surface area contributed by atoms with Crippen molar-refractivity contribution in [1.82, 2.24) is 15.5 Å². The van der Waals surface area contributed by atoms with E-state index in [0.29, 0.717) is 12.1 Å². The highest BCUT2D eigenvalue weighted by atomic mass is 35.5. The highest BCUT2D eigenvalue weighted by Gasteiger charge is 2.44. The number of guanidine groups is 1. The van der Waals surface area contributed by atoms with E-state index in [1.807, 2.05) is 36.4 Å². The number of carbonyl (C=O) groups is 1. The molecule has 1 amide bonds. The molecule has 5 nitrogen and oxygen atoms in total. The van der Waals surface area contributed by atoms with E-state index in [-0.39, 0.29) is 11.3 Å². The lowest BCUT2D eigenvalue weighted by molar-refractivity contribution is 0.0827. The van der Waals surface area contributed by atoms with E-state index in [2.05, 4.69) is 27.8 Å². The van der Waals surface area contributed by atoms with Gasteiger partial charge in [0.05, 0.1) is 0 Å². The number of hydrogen-bond acceptors (Lipinski definition) is 2. The molecule has 6 heteroatoms. The fraction of sp³-hybridized carbons (Fsp3) is 0.364. The van der Waals surface area contributed by atoms with Crippen LogP contribution in [0.3, 0.4) is 0 Å². The Balaban J connectivity index is 1.53. The molecule has 0 saturated heterocycles. The Morgan fingerprint density at radius 2 is 1.71 bits per heavy atom. The zero-order chi connectivity index (χ0) is 20.1. The van der Waals surface area contributed by atoms with E-state index >= 15 is 0 Å². The maximum Gasteiger partial charge on any atom is 0.253 e. The van der Waals surface area contributed by atoms with Gasteiger partial charge >= 0.3 is 0 Å². The molecule has 0 spiro atoms. The van der Waals surface area contributed by atoms with E-state index in [4.69, 9.17) is 11.6 Å². The largest absolute Gasteiger partial charge is 0.356 e. The molecule has 2 aromatic rings. The summed E-state index contributed by atoms with van der Waals surface area (Å²) in [7, 11) is 5.28. The van der Waals surface area contributed by atoms with Gasteiger partial charge in [-0.3, -0.25) is 9.79 Å². The third-order valence-electron chi connectivity index (χ3n) is 5.20. The van der Waals surface area contributed by atoms with Crippen molar-refractivity contribution in [3.8, 4) is 0 Å². The Bertz CT molecular complexity index is 840. The third kappa shape index (κ3) is 4.84. The topological polar surface area (TPSA) is 56.7 Å². The van der Waals surface area contributed by atoms with Crippen molar-refractivity contribution in [1.29, 1.82) is 0 Å². The van der Waals surface area contributed by atoms with E-state index < -0.39 is 0 Å². The lowest BCUT2D eigenvalue weighted by Gasteiger charge is -2.19. The second-order valence-corrected chi connectivity index (χ2v) is 7.90. The van der Waals surface area contributed by atoms with Gasteiger partial charge in [-0.2, -0.15) is 0 Å². The summed E-state index contributed by atoms with van der Waals surface area (Å²) in [6, 6.07) is 15.8. The summed E-state index contributed by atoms with van der Waals surface area (Å²) >= 11 is 6.01. The van der Waals surface area contributed by atoms with Crippen molar-refractivity contribution in [3.63, 3.8) is 0 Å². The second-order valence-electron chi connectivity index (χ2n) is 7.46. The van der Waals surface area contributed by atoms with E-state index in [1.54, 1.807) is 26.0 Å². The van der Waals surface area contributed by atoms with Crippen molar-refractivity contribution in [2.45, 2.75) is 24.8 Å². The summed E-state index contributed by atoms with van der Waals surface area (Å²) < 4.78 is 0. The Morgan fingerprint density at radius 3 is 2.25 bits per heavy atom. The standard InChI is InChI=1S/C22H27ClN4O/c1-24-21(25-14-16-4-6-17(7-5-16)20(28)27(2)3)26-15-22(12-13-22)18-8-10-19(23)11-9-18/h4-11H,12-15H2,1-3H3,(H2,24,25,26). The van der Waals surface area contributed by atoms with Crippen molar-refractivity contribution in [2.24, 2.45) is 4.99 Å². The molecule has 1 saturated carbocycles. The number of rotatable bonds is 6. The zero-order valence-electron chi connectivity index (χ0n) is 16.6. The van der Waals surface area contributed by atoms with Crippen molar-refractivity contribution in [3.05, 3.63) is 70.2 Å². The number of halogens is 1. The molecule has 0 bridgehead atoms. The quantitative estimate of drug-likeness (QED) is 0.579. The SMILES string of the molecule is CN=C(NCc1ccc(C(=O)N(C)C)cc1)NCC1(c2ccc(Cl)cc2)CC1. The molecule has 0 atom stereocenters. The molecule has 1 aliphatic carbocycles. The highest BCUT2D eigenvalue weighted by Crippen LogP contribution is 2.47. The van der Waals surface area contributed by atoms with Gasteiger partial charge in [-0.15, -0.1) is 0 Å². The number of amides is 1. The van der Waals surface area contributed by atoms with E-state index in [9.17, 15) is 4.79 Å². The molecule has 1 aliphatic rings. The third-order valence-corrected chi connectivity index (χ3v) is 5.45. The lowest BCUT2D eigenvalue weighted by atomic mass is 9.96. The number of hydrogen-bond donors (Lipinski definition) is 2. The number of carbonyl (C=O) groups excluding carboxylic acids is 1. The lowest BCUT2D eigenvalue weighted by Crippen LogP contribution is -2.40. The minimum atomic E-state index is 0.00826. The van der Waals surface area contributed by atoms with Crippen LogP contribution in [0.1, 0.15) is 34.3 Å². The predicted octanol–water partition coefficient (Wildman–Crippen LogP) is 3.44. The van der Waals surface area contributed by atoms with Gasteiger partial charge in [-0.1, -0.05) is 35.9 Å². The molecule has 148 valence electrons. The molecule has 28 heavy (non-hydrogen) atoms. The average molecular weight is 399 g/mol. The van der Waals surface area contributed by atoms with Crippen LogP contribution in [0.4, 0.5) is 0 Å². The monoisotopic (exact) mass is 398 g/mol. The number of nitrogens with one attached hydrogen (secondary N) is 2. The molecule has 0 radical (unpaired) electrons. The normalized spacial score (nSPS) is 15.1. The van der Waals surface area contributed by atoms with Gasteiger partial charge in [0.25, 0.3) is 5.91 Å². The van der Waals surface area contributed by atoms with Crippen LogP contribution in [0, 0.1) is 0 Å². The summed E-state index contributed by atoms with van der Waals surface area (Å²) in [5, 5.41) is 7.55.